The molecular weight excluding hydrogens is 437 g/mol. The Kier molecular flexibility index (Phi) is 6.80. The quantitative estimate of drug-likeness (QED) is 0.439. The van der Waals surface area contributed by atoms with Crippen molar-refractivity contribution in [2.24, 2.45) is 0 Å². The zero-order valence-corrected chi connectivity index (χ0v) is 20.5. The van der Waals surface area contributed by atoms with Crippen LogP contribution >= 0.6 is 0 Å². The summed E-state index contributed by atoms with van der Waals surface area (Å²) in [5.74, 6) is -0.650. The second-order valence-electron chi connectivity index (χ2n) is 9.68. The molecule has 1 aliphatic heterocycles. The summed E-state index contributed by atoms with van der Waals surface area (Å²) in [4.78, 5) is 17.8. The lowest BCUT2D eigenvalue weighted by Crippen LogP contribution is -2.45. The second kappa shape index (κ2) is 10.1. The van der Waals surface area contributed by atoms with E-state index in [9.17, 15) is 4.79 Å². The lowest BCUT2D eigenvalue weighted by molar-refractivity contribution is 0.0931. The molecule has 2 aliphatic rings. The molecule has 5 heteroatoms. The van der Waals surface area contributed by atoms with Crippen LogP contribution in [0.1, 0.15) is 34.8 Å². The molecule has 4 nitrogen and oxygen atoms in total. The molecular formula is C30H32FN3O. The van der Waals surface area contributed by atoms with Crippen LogP contribution in [0.5, 0.6) is 0 Å². The van der Waals surface area contributed by atoms with Crippen LogP contribution in [-0.4, -0.2) is 55.5 Å². The van der Waals surface area contributed by atoms with E-state index in [1.165, 1.54) is 16.7 Å². The van der Waals surface area contributed by atoms with Gasteiger partial charge in [-0.1, -0.05) is 58.6 Å². The van der Waals surface area contributed by atoms with Gasteiger partial charge in [0, 0.05) is 38.3 Å². The number of aryl methyl sites for hydroxylation is 1. The number of halogens is 1. The number of hydrogen-bond donors (Lipinski definition) is 0. The van der Waals surface area contributed by atoms with Crippen molar-refractivity contribution in [3.63, 3.8) is 0 Å². The first kappa shape index (κ1) is 23.5. The number of anilines is 1. The average Bonchev–Trinajstić information content (AvgIpc) is 2.91. The van der Waals surface area contributed by atoms with Gasteiger partial charge >= 0.3 is 0 Å². The summed E-state index contributed by atoms with van der Waals surface area (Å²) in [5.41, 5.74) is 7.73. The number of nitrogens with zero attached hydrogens (tertiary/aromatic N) is 3. The van der Waals surface area contributed by atoms with Crippen molar-refractivity contribution in [1.82, 2.24) is 9.80 Å². The molecule has 180 valence electrons. The molecule has 1 fully saturated rings. The van der Waals surface area contributed by atoms with Crippen LogP contribution in [0.15, 0.2) is 78.4 Å². The summed E-state index contributed by atoms with van der Waals surface area (Å²) in [6.45, 7) is 7.61. The summed E-state index contributed by atoms with van der Waals surface area (Å²) in [6, 6.07) is 22.6. The molecule has 0 spiro atoms. The van der Waals surface area contributed by atoms with Gasteiger partial charge in [0.2, 0.25) is 0 Å². The maximum atomic E-state index is 15.2. The summed E-state index contributed by atoms with van der Waals surface area (Å²) in [7, 11) is 2.18. The standard InChI is InChI=1S/C30H32FN3O/c1-22-27(21-33-18-16-32(2)17-19-33)13-12-26-20-28(14-15-29(22)26)34(31)30(35)25-10-8-24(9-11-25)23-6-4-3-5-7-23/h3-11,14-15,20H,12-13,16-19,21H2,1-2H3. The fraction of sp³-hybridized carbons (Fsp3) is 0.300. The Bertz CT molecular complexity index is 1230. The second-order valence-corrected chi connectivity index (χ2v) is 9.68. The molecule has 5 rings (SSSR count). The zero-order valence-electron chi connectivity index (χ0n) is 20.5. The van der Waals surface area contributed by atoms with E-state index in [0.717, 1.165) is 62.3 Å². The van der Waals surface area contributed by atoms with Crippen molar-refractivity contribution >= 4 is 17.2 Å². The number of allylic oxidation sites excluding steroid dienone is 1. The highest BCUT2D eigenvalue weighted by Gasteiger charge is 2.23. The topological polar surface area (TPSA) is 26.8 Å². The molecule has 1 amide bonds. The summed E-state index contributed by atoms with van der Waals surface area (Å²) < 4.78 is 15.2. The molecule has 1 saturated heterocycles. The zero-order chi connectivity index (χ0) is 24.4. The van der Waals surface area contributed by atoms with Crippen LogP contribution in [0.3, 0.4) is 0 Å². The van der Waals surface area contributed by atoms with E-state index in [4.69, 9.17) is 0 Å². The molecule has 0 saturated carbocycles. The van der Waals surface area contributed by atoms with E-state index in [2.05, 4.69) is 23.8 Å². The number of carbonyl (C=O) groups is 1. The van der Waals surface area contributed by atoms with E-state index in [1.807, 2.05) is 54.6 Å². The van der Waals surface area contributed by atoms with Gasteiger partial charge in [-0.3, -0.25) is 9.69 Å². The number of fused-ring (bicyclic) bond motifs is 1. The summed E-state index contributed by atoms with van der Waals surface area (Å²) in [5, 5.41) is 0.274. The van der Waals surface area contributed by atoms with Gasteiger partial charge in [0.1, 0.15) is 0 Å². The molecule has 1 heterocycles. The van der Waals surface area contributed by atoms with E-state index in [1.54, 1.807) is 18.2 Å². The van der Waals surface area contributed by atoms with Gasteiger partial charge in [-0.2, -0.15) is 0 Å². The minimum atomic E-state index is -0.650. The minimum absolute atomic E-state index is 0.274. The monoisotopic (exact) mass is 469 g/mol. The maximum absolute atomic E-state index is 15.2. The van der Waals surface area contributed by atoms with Gasteiger partial charge in [-0.15, -0.1) is 5.12 Å². The highest BCUT2D eigenvalue weighted by Crippen LogP contribution is 2.34. The third-order valence-electron chi connectivity index (χ3n) is 7.37. The normalized spacial score (nSPS) is 16.8. The Morgan fingerprint density at radius 1 is 0.886 bits per heavy atom. The predicted molar refractivity (Wildman–Crippen MR) is 141 cm³/mol. The molecule has 0 bridgehead atoms. The van der Waals surface area contributed by atoms with Gasteiger partial charge in [0.15, 0.2) is 0 Å². The number of rotatable bonds is 5. The first-order chi connectivity index (χ1) is 17.0. The number of amides is 1. The van der Waals surface area contributed by atoms with E-state index >= 15 is 4.48 Å². The number of benzene rings is 3. The Balaban J connectivity index is 1.30. The average molecular weight is 470 g/mol. The lowest BCUT2D eigenvalue weighted by Gasteiger charge is -2.34. The van der Waals surface area contributed by atoms with Gasteiger partial charge < -0.3 is 4.90 Å². The van der Waals surface area contributed by atoms with Crippen molar-refractivity contribution in [3.05, 3.63) is 95.1 Å². The van der Waals surface area contributed by atoms with Crippen LogP contribution in [0.25, 0.3) is 16.7 Å². The van der Waals surface area contributed by atoms with E-state index in [-0.39, 0.29) is 10.8 Å². The molecule has 35 heavy (non-hydrogen) atoms. The van der Waals surface area contributed by atoms with Gasteiger partial charge in [-0.05, 0) is 78.9 Å². The Labute approximate surface area is 207 Å². The van der Waals surface area contributed by atoms with Gasteiger partial charge in [-0.25, -0.2) is 0 Å². The summed E-state index contributed by atoms with van der Waals surface area (Å²) >= 11 is 0. The fourth-order valence-electron chi connectivity index (χ4n) is 5.08. The molecule has 0 atom stereocenters. The van der Waals surface area contributed by atoms with Crippen LogP contribution < -0.4 is 5.12 Å². The SMILES string of the molecule is CC1=C(CN2CCN(C)CC2)CCc2cc(N(F)C(=O)c3ccc(-c4ccccc4)cc3)ccc21. The number of piperazine rings is 1. The number of hydrogen-bond acceptors (Lipinski definition) is 3. The molecule has 1 aliphatic carbocycles. The molecule has 0 aromatic heterocycles. The number of carbonyl (C=O) groups excluding carboxylic acids is 1. The Morgan fingerprint density at radius 2 is 1.57 bits per heavy atom. The van der Waals surface area contributed by atoms with Crippen molar-refractivity contribution in [2.75, 3.05) is 44.9 Å². The van der Waals surface area contributed by atoms with Crippen molar-refractivity contribution in [2.45, 2.75) is 19.8 Å². The smallest absolute Gasteiger partial charge is 0.286 e. The summed E-state index contributed by atoms with van der Waals surface area (Å²) in [6.07, 6.45) is 1.85. The van der Waals surface area contributed by atoms with Gasteiger partial charge in [0.25, 0.3) is 5.91 Å². The van der Waals surface area contributed by atoms with Crippen LogP contribution in [0.4, 0.5) is 10.2 Å². The number of likely N-dealkylation sites (N-methyl/N-ethyl adjacent to an activating group) is 1. The van der Waals surface area contributed by atoms with E-state index < -0.39 is 5.91 Å². The first-order valence-corrected chi connectivity index (χ1v) is 12.4. The largest absolute Gasteiger partial charge is 0.304 e. The van der Waals surface area contributed by atoms with Crippen molar-refractivity contribution in [1.29, 1.82) is 0 Å². The Morgan fingerprint density at radius 3 is 2.29 bits per heavy atom. The highest BCUT2D eigenvalue weighted by molar-refractivity contribution is 6.05. The molecule has 0 N–H and O–H groups in total. The molecule has 3 aromatic carbocycles. The molecule has 0 unspecified atom stereocenters. The third kappa shape index (κ3) is 5.07. The van der Waals surface area contributed by atoms with Crippen LogP contribution in [-0.2, 0) is 6.42 Å². The fourth-order valence-corrected chi connectivity index (χ4v) is 5.08. The minimum Gasteiger partial charge on any atom is -0.304 e. The first-order valence-electron chi connectivity index (χ1n) is 12.4. The van der Waals surface area contributed by atoms with E-state index in [0.29, 0.717) is 5.56 Å². The lowest BCUT2D eigenvalue weighted by atomic mass is 9.85. The Hall–Kier alpha value is -3.28. The maximum Gasteiger partial charge on any atom is 0.286 e. The van der Waals surface area contributed by atoms with Gasteiger partial charge in [0.05, 0.1) is 5.69 Å². The molecule has 0 radical (unpaired) electrons. The van der Waals surface area contributed by atoms with Crippen LogP contribution in [0.2, 0.25) is 0 Å². The van der Waals surface area contributed by atoms with Crippen LogP contribution in [0, 0.1) is 0 Å². The highest BCUT2D eigenvalue weighted by atomic mass is 19.2. The van der Waals surface area contributed by atoms with Crippen molar-refractivity contribution in [3.8, 4) is 11.1 Å². The predicted octanol–water partition coefficient (Wildman–Crippen LogP) is 5.85. The molecule has 3 aromatic rings. The third-order valence-corrected chi connectivity index (χ3v) is 7.37. The van der Waals surface area contributed by atoms with Crippen molar-refractivity contribution < 1.29 is 9.28 Å².